The van der Waals surface area contributed by atoms with Crippen molar-refractivity contribution in [3.05, 3.63) is 29.6 Å². The largest absolute Gasteiger partial charge is 0.385 e. The van der Waals surface area contributed by atoms with E-state index in [1.54, 1.807) is 6.20 Å². The van der Waals surface area contributed by atoms with Crippen LogP contribution in [0.25, 0.3) is 0 Å². The van der Waals surface area contributed by atoms with Crippen LogP contribution in [-0.2, 0) is 5.60 Å². The van der Waals surface area contributed by atoms with Gasteiger partial charge in [0.05, 0.1) is 5.60 Å². The molecule has 0 radical (unpaired) electrons. The van der Waals surface area contributed by atoms with Crippen LogP contribution in [0.1, 0.15) is 36.8 Å². The third kappa shape index (κ3) is 1.31. The fraction of sp³-hybridized carbons (Fsp3) is 0.615. The fourth-order valence-electron chi connectivity index (χ4n) is 3.22. The Kier molecular flexibility index (Phi) is 1.90. The SMILES string of the molecule is Cc1ccncc1C1(O)CCCC2CC21. The molecule has 2 aliphatic rings. The van der Waals surface area contributed by atoms with E-state index in [4.69, 9.17) is 0 Å². The smallest absolute Gasteiger partial charge is 0.0944 e. The maximum atomic E-state index is 10.8. The van der Waals surface area contributed by atoms with Crippen LogP contribution in [0.2, 0.25) is 0 Å². The normalized spacial score (nSPS) is 38.5. The number of hydrogen-bond acceptors (Lipinski definition) is 2. The minimum Gasteiger partial charge on any atom is -0.385 e. The van der Waals surface area contributed by atoms with Gasteiger partial charge in [0.1, 0.15) is 0 Å². The van der Waals surface area contributed by atoms with Gasteiger partial charge in [0, 0.05) is 18.0 Å². The lowest BCUT2D eigenvalue weighted by Gasteiger charge is -2.33. The molecule has 3 atom stereocenters. The Morgan fingerprint density at radius 1 is 1.53 bits per heavy atom. The third-order valence-corrected chi connectivity index (χ3v) is 4.17. The topological polar surface area (TPSA) is 33.1 Å². The number of aliphatic hydroxyl groups is 1. The van der Waals surface area contributed by atoms with E-state index in [-0.39, 0.29) is 0 Å². The van der Waals surface area contributed by atoms with Crippen LogP contribution in [0, 0.1) is 18.8 Å². The number of hydrogen-bond donors (Lipinski definition) is 1. The third-order valence-electron chi connectivity index (χ3n) is 4.17. The first kappa shape index (κ1) is 9.34. The average molecular weight is 203 g/mol. The van der Waals surface area contributed by atoms with Gasteiger partial charge >= 0.3 is 0 Å². The first-order valence-electron chi connectivity index (χ1n) is 5.85. The van der Waals surface area contributed by atoms with Gasteiger partial charge in [0.2, 0.25) is 0 Å². The molecule has 15 heavy (non-hydrogen) atoms. The Morgan fingerprint density at radius 3 is 3.20 bits per heavy atom. The number of aromatic nitrogens is 1. The van der Waals surface area contributed by atoms with E-state index in [0.29, 0.717) is 5.92 Å². The molecular weight excluding hydrogens is 186 g/mol. The van der Waals surface area contributed by atoms with Gasteiger partial charge in [-0.25, -0.2) is 0 Å². The van der Waals surface area contributed by atoms with Crippen LogP contribution in [0.4, 0.5) is 0 Å². The van der Waals surface area contributed by atoms with Crippen molar-refractivity contribution in [1.82, 2.24) is 4.98 Å². The van der Waals surface area contributed by atoms with Crippen molar-refractivity contribution in [2.75, 3.05) is 0 Å². The van der Waals surface area contributed by atoms with Gasteiger partial charge in [-0.05, 0) is 56.1 Å². The molecule has 0 bridgehead atoms. The number of rotatable bonds is 1. The molecule has 1 aromatic rings. The van der Waals surface area contributed by atoms with E-state index in [2.05, 4.69) is 11.9 Å². The zero-order valence-corrected chi connectivity index (χ0v) is 9.11. The highest BCUT2D eigenvalue weighted by molar-refractivity contribution is 5.31. The zero-order valence-electron chi connectivity index (χ0n) is 9.11. The molecule has 2 aliphatic carbocycles. The second-order valence-corrected chi connectivity index (χ2v) is 5.11. The number of pyridine rings is 1. The highest BCUT2D eigenvalue weighted by Gasteiger charge is 2.55. The molecule has 2 nitrogen and oxygen atoms in total. The van der Waals surface area contributed by atoms with Crippen LogP contribution in [0.5, 0.6) is 0 Å². The molecule has 3 rings (SSSR count). The fourth-order valence-corrected chi connectivity index (χ4v) is 3.22. The van der Waals surface area contributed by atoms with E-state index >= 15 is 0 Å². The molecule has 1 heterocycles. The summed E-state index contributed by atoms with van der Waals surface area (Å²) in [5.41, 5.74) is 1.68. The summed E-state index contributed by atoms with van der Waals surface area (Å²) in [5.74, 6) is 1.29. The van der Waals surface area contributed by atoms with Crippen LogP contribution in [-0.4, -0.2) is 10.1 Å². The molecule has 0 aromatic carbocycles. The van der Waals surface area contributed by atoms with Gasteiger partial charge in [0.15, 0.2) is 0 Å². The van der Waals surface area contributed by atoms with Crippen LogP contribution >= 0.6 is 0 Å². The summed E-state index contributed by atoms with van der Waals surface area (Å²) in [6.07, 6.45) is 8.26. The van der Waals surface area contributed by atoms with Crippen molar-refractivity contribution in [1.29, 1.82) is 0 Å². The minimum absolute atomic E-state index is 0.508. The molecule has 3 unspecified atom stereocenters. The first-order valence-corrected chi connectivity index (χ1v) is 5.85. The predicted molar refractivity (Wildman–Crippen MR) is 58.3 cm³/mol. The van der Waals surface area contributed by atoms with Crippen molar-refractivity contribution in [3.63, 3.8) is 0 Å². The lowest BCUT2D eigenvalue weighted by Crippen LogP contribution is -2.32. The molecular formula is C13H17NO. The van der Waals surface area contributed by atoms with E-state index in [0.717, 1.165) is 24.3 Å². The lowest BCUT2D eigenvalue weighted by atomic mass is 9.78. The maximum absolute atomic E-state index is 10.8. The molecule has 0 aliphatic heterocycles. The Morgan fingerprint density at radius 2 is 2.40 bits per heavy atom. The van der Waals surface area contributed by atoms with Gasteiger partial charge in [-0.15, -0.1) is 0 Å². The summed E-state index contributed by atoms with van der Waals surface area (Å²) in [4.78, 5) is 4.16. The lowest BCUT2D eigenvalue weighted by molar-refractivity contribution is -0.0169. The molecule has 2 heteroatoms. The second kappa shape index (κ2) is 3.05. The molecule has 0 amide bonds. The predicted octanol–water partition coefficient (Wildman–Crippen LogP) is 2.40. The number of nitrogens with zero attached hydrogens (tertiary/aromatic N) is 1. The van der Waals surface area contributed by atoms with Gasteiger partial charge in [-0.2, -0.15) is 0 Å². The number of aryl methyl sites for hydroxylation is 1. The molecule has 2 fully saturated rings. The van der Waals surface area contributed by atoms with E-state index < -0.39 is 5.60 Å². The van der Waals surface area contributed by atoms with Crippen molar-refractivity contribution in [3.8, 4) is 0 Å². The Labute approximate surface area is 90.4 Å². The molecule has 0 spiro atoms. The maximum Gasteiger partial charge on any atom is 0.0944 e. The summed E-state index contributed by atoms with van der Waals surface area (Å²) >= 11 is 0. The summed E-state index contributed by atoms with van der Waals surface area (Å²) in [6.45, 7) is 2.07. The Hall–Kier alpha value is -0.890. The van der Waals surface area contributed by atoms with Crippen molar-refractivity contribution >= 4 is 0 Å². The monoisotopic (exact) mass is 203 g/mol. The second-order valence-electron chi connectivity index (χ2n) is 5.11. The van der Waals surface area contributed by atoms with Gasteiger partial charge in [-0.1, -0.05) is 0 Å². The van der Waals surface area contributed by atoms with Crippen LogP contribution in [0.15, 0.2) is 18.5 Å². The van der Waals surface area contributed by atoms with Crippen molar-refractivity contribution < 1.29 is 5.11 Å². The Balaban J connectivity index is 2.02. The number of fused-ring (bicyclic) bond motifs is 1. The van der Waals surface area contributed by atoms with E-state index in [1.165, 1.54) is 18.4 Å². The van der Waals surface area contributed by atoms with E-state index in [9.17, 15) is 5.11 Å². The average Bonchev–Trinajstić information content (AvgIpc) is 2.99. The van der Waals surface area contributed by atoms with Gasteiger partial charge in [-0.3, -0.25) is 4.98 Å². The van der Waals surface area contributed by atoms with Crippen LogP contribution in [0.3, 0.4) is 0 Å². The summed E-state index contributed by atoms with van der Waals surface area (Å²) in [5, 5.41) is 10.8. The molecule has 0 saturated heterocycles. The van der Waals surface area contributed by atoms with Gasteiger partial charge < -0.3 is 5.11 Å². The highest BCUT2D eigenvalue weighted by Crippen LogP contribution is 2.59. The molecule has 2 saturated carbocycles. The van der Waals surface area contributed by atoms with Gasteiger partial charge in [0.25, 0.3) is 0 Å². The zero-order chi connectivity index (χ0) is 10.5. The van der Waals surface area contributed by atoms with E-state index in [1.807, 2.05) is 12.3 Å². The molecule has 1 N–H and O–H groups in total. The standard InChI is InChI=1S/C13H17NO/c1-9-4-6-14-8-12(9)13(15)5-2-3-10-7-11(10)13/h4,6,8,10-11,15H,2-3,5,7H2,1H3. The Bertz CT molecular complexity index is 390. The summed E-state index contributed by atoms with van der Waals surface area (Å²) in [6, 6.07) is 2.00. The minimum atomic E-state index is -0.568. The molecule has 1 aromatic heterocycles. The summed E-state index contributed by atoms with van der Waals surface area (Å²) in [7, 11) is 0. The first-order chi connectivity index (χ1) is 7.22. The van der Waals surface area contributed by atoms with Crippen molar-refractivity contribution in [2.24, 2.45) is 11.8 Å². The quantitative estimate of drug-likeness (QED) is 0.760. The van der Waals surface area contributed by atoms with Crippen LogP contribution < -0.4 is 0 Å². The van der Waals surface area contributed by atoms with Crippen molar-refractivity contribution in [2.45, 2.75) is 38.2 Å². The highest BCUT2D eigenvalue weighted by atomic mass is 16.3. The molecule has 80 valence electrons. The summed E-state index contributed by atoms with van der Waals surface area (Å²) < 4.78 is 0.